The average Bonchev–Trinajstić information content (AvgIpc) is 2.57. The van der Waals surface area contributed by atoms with Crippen LogP contribution >= 0.6 is 0 Å². The lowest BCUT2D eigenvalue weighted by atomic mass is 10.1. The van der Waals surface area contributed by atoms with E-state index in [1.165, 1.54) is 6.07 Å². The third-order valence-corrected chi connectivity index (χ3v) is 2.69. The fourth-order valence-electron chi connectivity index (χ4n) is 1.83. The van der Waals surface area contributed by atoms with Gasteiger partial charge in [-0.25, -0.2) is 9.07 Å². The molecule has 3 nitrogen and oxygen atoms in total. The number of benzene rings is 1. The Morgan fingerprint density at radius 2 is 2.00 bits per heavy atom. The topological polar surface area (TPSA) is 38.0 Å². The second-order valence-electron chi connectivity index (χ2n) is 4.23. The molecule has 2 rings (SSSR count). The Kier molecular flexibility index (Phi) is 2.98. The van der Waals surface area contributed by atoms with Crippen LogP contribution in [-0.2, 0) is 0 Å². The molecule has 0 spiro atoms. The molecule has 0 fully saturated rings. The van der Waals surface area contributed by atoms with Crippen molar-refractivity contribution in [3.8, 4) is 5.69 Å². The molecule has 0 radical (unpaired) electrons. The van der Waals surface area contributed by atoms with Gasteiger partial charge in [-0.15, -0.1) is 0 Å². The summed E-state index contributed by atoms with van der Waals surface area (Å²) in [6, 6.07) is 6.58. The maximum atomic E-state index is 13.9. The first-order valence-electron chi connectivity index (χ1n) is 5.50. The smallest absolute Gasteiger partial charge is 0.149 e. The first-order chi connectivity index (χ1) is 7.99. The maximum Gasteiger partial charge on any atom is 0.149 e. The van der Waals surface area contributed by atoms with Crippen LogP contribution < -0.4 is 0 Å². The summed E-state index contributed by atoms with van der Waals surface area (Å²) in [4.78, 5) is 0. The molecule has 1 N–H and O–H groups in total. The quantitative estimate of drug-likeness (QED) is 0.867. The van der Waals surface area contributed by atoms with Crippen molar-refractivity contribution in [2.75, 3.05) is 0 Å². The third kappa shape index (κ3) is 2.22. The molecule has 0 amide bonds. The standard InChI is InChI=1S/C13H15FN2O/c1-8-6-9(2)16(15-8)13-5-4-11(10(3)17)7-12(13)14/h4-7,10,17H,1-3H3/t10-/m0/s1. The van der Waals surface area contributed by atoms with Crippen molar-refractivity contribution in [3.63, 3.8) is 0 Å². The van der Waals surface area contributed by atoms with E-state index in [2.05, 4.69) is 5.10 Å². The molecule has 1 atom stereocenters. The molecule has 1 aromatic heterocycles. The van der Waals surface area contributed by atoms with E-state index in [9.17, 15) is 9.50 Å². The van der Waals surface area contributed by atoms with E-state index in [1.54, 1.807) is 23.7 Å². The van der Waals surface area contributed by atoms with Crippen molar-refractivity contribution < 1.29 is 9.50 Å². The second-order valence-corrected chi connectivity index (χ2v) is 4.23. The molecule has 1 aromatic carbocycles. The van der Waals surface area contributed by atoms with Crippen LogP contribution in [0.5, 0.6) is 0 Å². The van der Waals surface area contributed by atoms with Crippen LogP contribution in [0.4, 0.5) is 4.39 Å². The third-order valence-electron chi connectivity index (χ3n) is 2.69. The molecule has 0 bridgehead atoms. The van der Waals surface area contributed by atoms with Crippen LogP contribution in [0.1, 0.15) is 30.0 Å². The minimum absolute atomic E-state index is 0.380. The molecule has 0 aliphatic rings. The van der Waals surface area contributed by atoms with Crippen molar-refractivity contribution >= 4 is 0 Å². The van der Waals surface area contributed by atoms with Crippen molar-refractivity contribution in [2.24, 2.45) is 0 Å². The average molecular weight is 234 g/mol. The lowest BCUT2D eigenvalue weighted by molar-refractivity contribution is 0.199. The van der Waals surface area contributed by atoms with Gasteiger partial charge in [-0.2, -0.15) is 5.10 Å². The normalized spacial score (nSPS) is 12.8. The molecule has 17 heavy (non-hydrogen) atoms. The van der Waals surface area contributed by atoms with Crippen LogP contribution in [0.25, 0.3) is 5.69 Å². The predicted octanol–water partition coefficient (Wildman–Crippen LogP) is 2.68. The van der Waals surface area contributed by atoms with Crippen molar-refractivity contribution in [1.82, 2.24) is 9.78 Å². The van der Waals surface area contributed by atoms with Crippen molar-refractivity contribution in [3.05, 3.63) is 47.0 Å². The van der Waals surface area contributed by atoms with E-state index in [1.807, 2.05) is 19.9 Å². The Balaban J connectivity index is 2.50. The summed E-state index contributed by atoms with van der Waals surface area (Å²) < 4.78 is 15.5. The van der Waals surface area contributed by atoms with Crippen LogP contribution in [0.15, 0.2) is 24.3 Å². The number of halogens is 1. The first-order valence-corrected chi connectivity index (χ1v) is 5.50. The zero-order valence-corrected chi connectivity index (χ0v) is 10.1. The van der Waals surface area contributed by atoms with Gasteiger partial charge < -0.3 is 5.11 Å². The fourth-order valence-corrected chi connectivity index (χ4v) is 1.83. The highest BCUT2D eigenvalue weighted by Crippen LogP contribution is 2.20. The minimum Gasteiger partial charge on any atom is -0.389 e. The van der Waals surface area contributed by atoms with Gasteiger partial charge in [-0.3, -0.25) is 0 Å². The predicted molar refractivity (Wildman–Crippen MR) is 63.6 cm³/mol. The number of nitrogens with zero attached hydrogens (tertiary/aromatic N) is 2. The number of rotatable bonds is 2. The molecule has 0 unspecified atom stereocenters. The van der Waals surface area contributed by atoms with E-state index in [4.69, 9.17) is 0 Å². The molecule has 0 aliphatic carbocycles. The molecule has 0 saturated carbocycles. The number of aromatic nitrogens is 2. The zero-order valence-electron chi connectivity index (χ0n) is 10.1. The van der Waals surface area contributed by atoms with Gasteiger partial charge in [0.2, 0.25) is 0 Å². The molecular weight excluding hydrogens is 219 g/mol. The Hall–Kier alpha value is -1.68. The van der Waals surface area contributed by atoms with Crippen LogP contribution in [0, 0.1) is 19.7 Å². The van der Waals surface area contributed by atoms with Gasteiger partial charge in [-0.1, -0.05) is 6.07 Å². The van der Waals surface area contributed by atoms with Gasteiger partial charge in [0, 0.05) is 5.69 Å². The number of aliphatic hydroxyl groups excluding tert-OH is 1. The van der Waals surface area contributed by atoms with Gasteiger partial charge >= 0.3 is 0 Å². The zero-order chi connectivity index (χ0) is 12.6. The summed E-state index contributed by atoms with van der Waals surface area (Å²) in [5.74, 6) is -0.380. The van der Waals surface area contributed by atoms with E-state index in [0.717, 1.165) is 11.4 Å². The van der Waals surface area contributed by atoms with Crippen molar-refractivity contribution in [2.45, 2.75) is 26.9 Å². The highest BCUT2D eigenvalue weighted by molar-refractivity contribution is 5.38. The number of aryl methyl sites for hydroxylation is 2. The molecule has 0 aliphatic heterocycles. The van der Waals surface area contributed by atoms with Crippen LogP contribution in [0.3, 0.4) is 0 Å². The molecule has 0 saturated heterocycles. The Labute approximate surface area is 99.5 Å². The summed E-state index contributed by atoms with van der Waals surface area (Å²) in [6.45, 7) is 5.35. The Bertz CT molecular complexity index is 546. The van der Waals surface area contributed by atoms with Gasteiger partial charge in [0.05, 0.1) is 11.8 Å². The van der Waals surface area contributed by atoms with E-state index < -0.39 is 6.10 Å². The molecule has 4 heteroatoms. The summed E-state index contributed by atoms with van der Waals surface area (Å²) in [7, 11) is 0. The SMILES string of the molecule is Cc1cc(C)n(-c2ccc([C@H](C)O)cc2F)n1. The summed E-state index contributed by atoms with van der Waals surface area (Å²) in [5, 5.41) is 13.6. The Morgan fingerprint density at radius 3 is 2.47 bits per heavy atom. The second kappa shape index (κ2) is 4.30. The first kappa shape index (κ1) is 11.8. The number of aliphatic hydroxyl groups is 1. The number of hydrogen-bond donors (Lipinski definition) is 1. The van der Waals surface area contributed by atoms with E-state index >= 15 is 0 Å². The molecule has 1 heterocycles. The van der Waals surface area contributed by atoms with Crippen LogP contribution in [-0.4, -0.2) is 14.9 Å². The van der Waals surface area contributed by atoms with Gasteiger partial charge in [0.25, 0.3) is 0 Å². The largest absolute Gasteiger partial charge is 0.389 e. The lowest BCUT2D eigenvalue weighted by Gasteiger charge is -2.09. The minimum atomic E-state index is -0.668. The summed E-state index contributed by atoms with van der Waals surface area (Å²) >= 11 is 0. The summed E-state index contributed by atoms with van der Waals surface area (Å²) in [6.07, 6.45) is -0.668. The molecule has 2 aromatic rings. The highest BCUT2D eigenvalue weighted by atomic mass is 19.1. The maximum absolute atomic E-state index is 13.9. The Morgan fingerprint density at radius 1 is 1.29 bits per heavy atom. The summed E-state index contributed by atoms with van der Waals surface area (Å²) in [5.41, 5.74) is 2.69. The highest BCUT2D eigenvalue weighted by Gasteiger charge is 2.11. The van der Waals surface area contributed by atoms with Gasteiger partial charge in [0.1, 0.15) is 11.5 Å². The fraction of sp³-hybridized carbons (Fsp3) is 0.308. The number of hydrogen-bond acceptors (Lipinski definition) is 2. The van der Waals surface area contributed by atoms with E-state index in [0.29, 0.717) is 11.3 Å². The van der Waals surface area contributed by atoms with Gasteiger partial charge in [0.15, 0.2) is 0 Å². The van der Waals surface area contributed by atoms with Crippen molar-refractivity contribution in [1.29, 1.82) is 0 Å². The van der Waals surface area contributed by atoms with Gasteiger partial charge in [-0.05, 0) is 44.5 Å². The van der Waals surface area contributed by atoms with E-state index in [-0.39, 0.29) is 5.82 Å². The monoisotopic (exact) mass is 234 g/mol. The lowest BCUT2D eigenvalue weighted by Crippen LogP contribution is -2.03. The van der Waals surface area contributed by atoms with Crippen LogP contribution in [0.2, 0.25) is 0 Å². The molecule has 90 valence electrons. The molecular formula is C13H15FN2O.